The number of aromatic nitrogens is 2. The van der Waals surface area contributed by atoms with E-state index in [4.69, 9.17) is 5.73 Å². The van der Waals surface area contributed by atoms with E-state index in [0.717, 1.165) is 13.1 Å². The van der Waals surface area contributed by atoms with Crippen LogP contribution in [-0.4, -0.2) is 34.3 Å². The van der Waals surface area contributed by atoms with Crippen LogP contribution >= 0.6 is 0 Å². The zero-order valence-electron chi connectivity index (χ0n) is 11.8. The van der Waals surface area contributed by atoms with E-state index in [-0.39, 0.29) is 5.41 Å². The lowest BCUT2D eigenvalue weighted by atomic mass is 9.92. The molecule has 0 radical (unpaired) electrons. The zero-order chi connectivity index (χ0) is 13.1. The summed E-state index contributed by atoms with van der Waals surface area (Å²) in [6, 6.07) is 2.46. The first-order valence-electron chi connectivity index (χ1n) is 6.33. The molecule has 1 aromatic heterocycles. The normalized spacial score (nSPS) is 14.3. The molecule has 4 heteroatoms. The summed E-state index contributed by atoms with van der Waals surface area (Å²) in [5.74, 6) is 0. The number of nitrogens with two attached hydrogens (primary N) is 1. The molecule has 0 saturated carbocycles. The van der Waals surface area contributed by atoms with Gasteiger partial charge in [0.05, 0.1) is 5.69 Å². The van der Waals surface area contributed by atoms with Crippen molar-refractivity contribution in [1.29, 1.82) is 0 Å². The van der Waals surface area contributed by atoms with E-state index in [1.165, 1.54) is 5.69 Å². The van der Waals surface area contributed by atoms with Crippen LogP contribution in [0.2, 0.25) is 0 Å². The molecule has 1 atom stereocenters. The molecule has 1 heterocycles. The minimum Gasteiger partial charge on any atom is -0.330 e. The molecule has 0 fully saturated rings. The van der Waals surface area contributed by atoms with Gasteiger partial charge in [-0.1, -0.05) is 20.8 Å². The predicted octanol–water partition coefficient (Wildman–Crippen LogP) is 1.79. The number of nitrogens with zero attached hydrogens (tertiary/aromatic N) is 3. The summed E-state index contributed by atoms with van der Waals surface area (Å²) >= 11 is 0. The molecule has 0 bridgehead atoms. The Hall–Kier alpha value is -0.870. The number of rotatable bonds is 6. The van der Waals surface area contributed by atoms with Crippen LogP contribution in [0.4, 0.5) is 0 Å². The lowest BCUT2D eigenvalue weighted by molar-refractivity contribution is 0.143. The lowest BCUT2D eigenvalue weighted by Crippen LogP contribution is -2.40. The van der Waals surface area contributed by atoms with E-state index in [1.807, 2.05) is 17.9 Å². The maximum atomic E-state index is 5.81. The molecule has 0 aliphatic rings. The van der Waals surface area contributed by atoms with Gasteiger partial charge in [0.2, 0.25) is 0 Å². The highest BCUT2D eigenvalue weighted by Gasteiger charge is 2.24. The quantitative estimate of drug-likeness (QED) is 0.822. The Morgan fingerprint density at radius 3 is 2.59 bits per heavy atom. The van der Waals surface area contributed by atoms with Crippen molar-refractivity contribution in [1.82, 2.24) is 14.7 Å². The van der Waals surface area contributed by atoms with Crippen molar-refractivity contribution in [2.75, 3.05) is 19.6 Å². The van der Waals surface area contributed by atoms with Crippen molar-refractivity contribution in [3.05, 3.63) is 18.0 Å². The minimum atomic E-state index is 0.156. The van der Waals surface area contributed by atoms with Crippen molar-refractivity contribution in [2.24, 2.45) is 18.2 Å². The fourth-order valence-corrected chi connectivity index (χ4v) is 2.12. The lowest BCUT2D eigenvalue weighted by Gasteiger charge is -2.35. The van der Waals surface area contributed by atoms with Crippen molar-refractivity contribution in [3.63, 3.8) is 0 Å². The average molecular weight is 238 g/mol. The monoisotopic (exact) mass is 238 g/mol. The summed E-state index contributed by atoms with van der Waals surface area (Å²) in [5, 5.41) is 4.24. The maximum absolute atomic E-state index is 5.81. The SMILES string of the molecule is CCN(CC(C)(C)CN)C(C)c1ccnn1C. The topological polar surface area (TPSA) is 47.1 Å². The summed E-state index contributed by atoms with van der Waals surface area (Å²) in [7, 11) is 1.99. The van der Waals surface area contributed by atoms with Gasteiger partial charge in [-0.3, -0.25) is 9.58 Å². The molecule has 0 aliphatic heterocycles. The van der Waals surface area contributed by atoms with Gasteiger partial charge in [-0.15, -0.1) is 0 Å². The van der Waals surface area contributed by atoms with Gasteiger partial charge in [0.1, 0.15) is 0 Å². The van der Waals surface area contributed by atoms with Crippen LogP contribution in [0.3, 0.4) is 0 Å². The predicted molar refractivity (Wildman–Crippen MR) is 71.7 cm³/mol. The fourth-order valence-electron chi connectivity index (χ4n) is 2.12. The molecule has 98 valence electrons. The maximum Gasteiger partial charge on any atom is 0.0549 e. The van der Waals surface area contributed by atoms with Crippen molar-refractivity contribution >= 4 is 0 Å². The minimum absolute atomic E-state index is 0.156. The van der Waals surface area contributed by atoms with Crippen molar-refractivity contribution < 1.29 is 0 Å². The van der Waals surface area contributed by atoms with E-state index in [2.05, 4.69) is 43.8 Å². The van der Waals surface area contributed by atoms with Crippen LogP contribution in [0.25, 0.3) is 0 Å². The van der Waals surface area contributed by atoms with Gasteiger partial charge in [-0.25, -0.2) is 0 Å². The summed E-state index contributed by atoms with van der Waals surface area (Å²) in [5.41, 5.74) is 7.22. The molecular formula is C13H26N4. The first kappa shape index (κ1) is 14.2. The second-order valence-electron chi connectivity index (χ2n) is 5.49. The van der Waals surface area contributed by atoms with Crippen molar-refractivity contribution in [3.8, 4) is 0 Å². The van der Waals surface area contributed by atoms with E-state index in [9.17, 15) is 0 Å². The van der Waals surface area contributed by atoms with Crippen LogP contribution in [0.5, 0.6) is 0 Å². The number of aryl methyl sites for hydroxylation is 1. The van der Waals surface area contributed by atoms with E-state index >= 15 is 0 Å². The Bertz CT molecular complexity index is 343. The first-order valence-corrected chi connectivity index (χ1v) is 6.33. The highest BCUT2D eigenvalue weighted by molar-refractivity contribution is 5.06. The van der Waals surface area contributed by atoms with Crippen molar-refractivity contribution in [2.45, 2.75) is 33.7 Å². The summed E-state index contributed by atoms with van der Waals surface area (Å²) in [6.07, 6.45) is 1.85. The highest BCUT2D eigenvalue weighted by atomic mass is 15.3. The third-order valence-electron chi connectivity index (χ3n) is 3.42. The van der Waals surface area contributed by atoms with Gasteiger partial charge >= 0.3 is 0 Å². The number of hydrogen-bond donors (Lipinski definition) is 1. The van der Waals surface area contributed by atoms with Gasteiger partial charge in [-0.05, 0) is 31.5 Å². The molecule has 0 saturated heterocycles. The second-order valence-corrected chi connectivity index (χ2v) is 5.49. The Balaban J connectivity index is 2.78. The van der Waals surface area contributed by atoms with E-state index in [0.29, 0.717) is 12.6 Å². The summed E-state index contributed by atoms with van der Waals surface area (Å²) in [4.78, 5) is 2.45. The molecule has 17 heavy (non-hydrogen) atoms. The smallest absolute Gasteiger partial charge is 0.0549 e. The average Bonchev–Trinajstić information content (AvgIpc) is 2.71. The molecule has 0 aliphatic carbocycles. The number of hydrogen-bond acceptors (Lipinski definition) is 3. The fraction of sp³-hybridized carbons (Fsp3) is 0.769. The Kier molecular flexibility index (Phi) is 4.71. The Morgan fingerprint density at radius 1 is 1.53 bits per heavy atom. The van der Waals surface area contributed by atoms with Crippen LogP contribution in [-0.2, 0) is 7.05 Å². The molecule has 1 aromatic rings. The summed E-state index contributed by atoms with van der Waals surface area (Å²) in [6.45, 7) is 11.6. The van der Waals surface area contributed by atoms with Gasteiger partial charge in [0.25, 0.3) is 0 Å². The molecule has 0 spiro atoms. The molecule has 2 N–H and O–H groups in total. The Labute approximate surface area is 105 Å². The highest BCUT2D eigenvalue weighted by Crippen LogP contribution is 2.24. The van der Waals surface area contributed by atoms with Gasteiger partial charge in [-0.2, -0.15) is 5.10 Å². The Morgan fingerprint density at radius 2 is 2.18 bits per heavy atom. The zero-order valence-corrected chi connectivity index (χ0v) is 11.8. The first-order chi connectivity index (χ1) is 7.91. The van der Waals surface area contributed by atoms with Gasteiger partial charge in [0, 0.05) is 25.8 Å². The molecule has 4 nitrogen and oxygen atoms in total. The van der Waals surface area contributed by atoms with Gasteiger partial charge < -0.3 is 5.73 Å². The third-order valence-corrected chi connectivity index (χ3v) is 3.42. The molecular weight excluding hydrogens is 212 g/mol. The van der Waals surface area contributed by atoms with Crippen LogP contribution in [0, 0.1) is 5.41 Å². The van der Waals surface area contributed by atoms with Crippen LogP contribution in [0.15, 0.2) is 12.3 Å². The standard InChI is InChI=1S/C13H26N4/c1-6-17(10-13(3,4)9-14)11(2)12-7-8-15-16(12)5/h7-8,11H,6,9-10,14H2,1-5H3. The third kappa shape index (κ3) is 3.54. The molecule has 0 aromatic carbocycles. The second kappa shape index (κ2) is 5.65. The van der Waals surface area contributed by atoms with Crippen LogP contribution in [0.1, 0.15) is 39.4 Å². The molecule has 1 rings (SSSR count). The molecule has 1 unspecified atom stereocenters. The largest absolute Gasteiger partial charge is 0.330 e. The molecule has 0 amide bonds. The van der Waals surface area contributed by atoms with Gasteiger partial charge in [0.15, 0.2) is 0 Å². The summed E-state index contributed by atoms with van der Waals surface area (Å²) < 4.78 is 1.95. The van der Waals surface area contributed by atoms with E-state index < -0.39 is 0 Å². The van der Waals surface area contributed by atoms with E-state index in [1.54, 1.807) is 0 Å². The van der Waals surface area contributed by atoms with Crippen LogP contribution < -0.4 is 5.73 Å².